The topological polar surface area (TPSA) is 0 Å². The van der Waals surface area contributed by atoms with Crippen LogP contribution in [-0.4, -0.2) is 0 Å². The average Bonchev–Trinajstić information content (AvgIpc) is 2.65. The van der Waals surface area contributed by atoms with Gasteiger partial charge < -0.3 is 0 Å². The Morgan fingerprint density at radius 2 is 1.46 bits per heavy atom. The maximum absolute atomic E-state index is 2.30. The third kappa shape index (κ3) is 6.72. The summed E-state index contributed by atoms with van der Waals surface area (Å²) in [6.45, 7) is 8.75. The molecule has 0 aromatic heterocycles. The number of rotatable bonds is 5. The maximum Gasteiger partial charge on any atom is 0.0125 e. The summed E-state index contributed by atoms with van der Waals surface area (Å²) in [6, 6.07) is 25.9. The Bertz CT molecular complexity index is 790. The molecule has 0 unspecified atom stereocenters. The normalized spacial score (nSPS) is 10.2. The van der Waals surface area contributed by atoms with E-state index < -0.39 is 0 Å². The fourth-order valence-corrected chi connectivity index (χ4v) is 3.85. The smallest absolute Gasteiger partial charge is 0.0125 e. The summed E-state index contributed by atoms with van der Waals surface area (Å²) < 4.78 is 0. The Morgan fingerprint density at radius 3 is 2.04 bits per heavy atom. The number of hydrogen-bond acceptors (Lipinski definition) is 1. The van der Waals surface area contributed by atoms with Crippen molar-refractivity contribution >= 4 is 11.8 Å². The number of benzene rings is 3. The molecule has 0 heterocycles. The molecule has 0 spiro atoms. The quantitative estimate of drug-likeness (QED) is 0.449. The SMILES string of the molecule is CCCc1ccc(Sc2cccc(C)c2)cc1C.CCc1ccccc1. The van der Waals surface area contributed by atoms with Gasteiger partial charge in [0.1, 0.15) is 0 Å². The second-order valence-electron chi connectivity index (χ2n) is 6.60. The van der Waals surface area contributed by atoms with Crippen LogP contribution in [0.2, 0.25) is 0 Å². The first kappa shape index (κ1) is 20.3. The van der Waals surface area contributed by atoms with Crippen molar-refractivity contribution < 1.29 is 0 Å². The van der Waals surface area contributed by atoms with Crippen molar-refractivity contribution in [3.63, 3.8) is 0 Å². The van der Waals surface area contributed by atoms with Crippen LogP contribution in [0.5, 0.6) is 0 Å². The Hall–Kier alpha value is -1.99. The van der Waals surface area contributed by atoms with E-state index in [1.165, 1.54) is 44.9 Å². The van der Waals surface area contributed by atoms with Gasteiger partial charge in [-0.3, -0.25) is 0 Å². The molecule has 0 saturated carbocycles. The summed E-state index contributed by atoms with van der Waals surface area (Å²) in [5.74, 6) is 0. The lowest BCUT2D eigenvalue weighted by atomic mass is 10.1. The van der Waals surface area contributed by atoms with E-state index in [0.717, 1.165) is 6.42 Å². The minimum Gasteiger partial charge on any atom is -0.0901 e. The molecule has 0 aliphatic rings. The van der Waals surface area contributed by atoms with Crippen LogP contribution in [0.4, 0.5) is 0 Å². The lowest BCUT2D eigenvalue weighted by molar-refractivity contribution is 0.910. The van der Waals surface area contributed by atoms with Crippen molar-refractivity contribution in [1.29, 1.82) is 0 Å². The van der Waals surface area contributed by atoms with Crippen LogP contribution in [0.15, 0.2) is 82.6 Å². The molecule has 26 heavy (non-hydrogen) atoms. The highest BCUT2D eigenvalue weighted by atomic mass is 32.2. The van der Waals surface area contributed by atoms with Crippen LogP contribution >= 0.6 is 11.8 Å². The zero-order valence-electron chi connectivity index (χ0n) is 16.5. The summed E-state index contributed by atoms with van der Waals surface area (Å²) in [7, 11) is 0. The van der Waals surface area contributed by atoms with Gasteiger partial charge >= 0.3 is 0 Å². The van der Waals surface area contributed by atoms with Gasteiger partial charge in [-0.15, -0.1) is 0 Å². The van der Waals surface area contributed by atoms with Gasteiger partial charge in [0, 0.05) is 9.79 Å². The second-order valence-corrected chi connectivity index (χ2v) is 7.74. The molecular formula is C25H30S. The molecule has 0 fully saturated rings. The van der Waals surface area contributed by atoms with Crippen LogP contribution in [-0.2, 0) is 12.8 Å². The molecule has 0 aliphatic heterocycles. The minimum atomic E-state index is 1.14. The number of aryl methyl sites for hydroxylation is 4. The van der Waals surface area contributed by atoms with Gasteiger partial charge in [-0.1, -0.05) is 86.1 Å². The van der Waals surface area contributed by atoms with E-state index in [-0.39, 0.29) is 0 Å². The molecule has 0 atom stereocenters. The van der Waals surface area contributed by atoms with Crippen molar-refractivity contribution in [2.24, 2.45) is 0 Å². The van der Waals surface area contributed by atoms with Gasteiger partial charge in [0.05, 0.1) is 0 Å². The van der Waals surface area contributed by atoms with E-state index in [2.05, 4.69) is 94.4 Å². The van der Waals surface area contributed by atoms with E-state index in [0.29, 0.717) is 0 Å². The third-order valence-corrected chi connectivity index (χ3v) is 5.29. The first-order valence-electron chi connectivity index (χ1n) is 9.50. The summed E-state index contributed by atoms with van der Waals surface area (Å²) in [5.41, 5.74) is 5.62. The first-order valence-corrected chi connectivity index (χ1v) is 10.3. The lowest BCUT2D eigenvalue weighted by Crippen LogP contribution is -1.88. The Labute approximate surface area is 163 Å². The van der Waals surface area contributed by atoms with Gasteiger partial charge in [-0.2, -0.15) is 0 Å². The highest BCUT2D eigenvalue weighted by Crippen LogP contribution is 2.29. The molecule has 0 nitrogen and oxygen atoms in total. The predicted octanol–water partition coefficient (Wildman–Crippen LogP) is 7.66. The Morgan fingerprint density at radius 1 is 0.731 bits per heavy atom. The Kier molecular flexibility index (Phi) is 8.50. The van der Waals surface area contributed by atoms with Gasteiger partial charge in [0.25, 0.3) is 0 Å². The van der Waals surface area contributed by atoms with E-state index in [1.807, 2.05) is 17.8 Å². The summed E-state index contributed by atoms with van der Waals surface area (Å²) in [4.78, 5) is 2.65. The number of hydrogen-bond donors (Lipinski definition) is 0. The van der Waals surface area contributed by atoms with Crippen LogP contribution in [0.1, 0.15) is 42.5 Å². The molecule has 0 bridgehead atoms. The molecule has 0 aliphatic carbocycles. The van der Waals surface area contributed by atoms with E-state index in [4.69, 9.17) is 0 Å². The zero-order valence-corrected chi connectivity index (χ0v) is 17.3. The second kappa shape index (κ2) is 10.9. The van der Waals surface area contributed by atoms with Crippen molar-refractivity contribution in [3.8, 4) is 0 Å². The standard InChI is InChI=1S/C17H20S.C8H10/c1-4-6-15-9-10-17(12-14(15)3)18-16-8-5-7-13(2)11-16;1-2-8-6-4-3-5-7-8/h5,7-12H,4,6H2,1-3H3;3-7H,2H2,1H3. The molecular weight excluding hydrogens is 332 g/mol. The molecule has 3 rings (SSSR count). The minimum absolute atomic E-state index is 1.14. The summed E-state index contributed by atoms with van der Waals surface area (Å²) in [6.07, 6.45) is 3.53. The van der Waals surface area contributed by atoms with Crippen LogP contribution in [0.3, 0.4) is 0 Å². The zero-order chi connectivity index (χ0) is 18.8. The third-order valence-electron chi connectivity index (χ3n) is 4.31. The van der Waals surface area contributed by atoms with Crippen molar-refractivity contribution in [3.05, 3.63) is 95.1 Å². The molecule has 0 N–H and O–H groups in total. The predicted molar refractivity (Wildman–Crippen MR) is 116 cm³/mol. The molecule has 0 radical (unpaired) electrons. The molecule has 0 amide bonds. The highest BCUT2D eigenvalue weighted by molar-refractivity contribution is 7.99. The maximum atomic E-state index is 2.30. The van der Waals surface area contributed by atoms with Gasteiger partial charge in [-0.05, 0) is 67.6 Å². The van der Waals surface area contributed by atoms with E-state index >= 15 is 0 Å². The molecule has 3 aromatic carbocycles. The first-order chi connectivity index (χ1) is 12.6. The highest BCUT2D eigenvalue weighted by Gasteiger charge is 2.02. The molecule has 1 heteroatoms. The van der Waals surface area contributed by atoms with Crippen LogP contribution in [0, 0.1) is 13.8 Å². The fourth-order valence-electron chi connectivity index (χ4n) is 2.81. The monoisotopic (exact) mass is 362 g/mol. The van der Waals surface area contributed by atoms with Crippen LogP contribution < -0.4 is 0 Å². The van der Waals surface area contributed by atoms with Crippen molar-refractivity contribution in [2.75, 3.05) is 0 Å². The average molecular weight is 363 g/mol. The molecule has 136 valence electrons. The van der Waals surface area contributed by atoms with Gasteiger partial charge in [-0.25, -0.2) is 0 Å². The summed E-state index contributed by atoms with van der Waals surface area (Å²) in [5, 5.41) is 0. The lowest BCUT2D eigenvalue weighted by Gasteiger charge is -2.08. The molecule has 3 aromatic rings. The van der Waals surface area contributed by atoms with Crippen molar-refractivity contribution in [1.82, 2.24) is 0 Å². The Balaban J connectivity index is 0.000000254. The fraction of sp³-hybridized carbons (Fsp3) is 0.280. The van der Waals surface area contributed by atoms with E-state index in [9.17, 15) is 0 Å². The van der Waals surface area contributed by atoms with Gasteiger partial charge in [0.15, 0.2) is 0 Å². The van der Waals surface area contributed by atoms with Crippen LogP contribution in [0.25, 0.3) is 0 Å². The molecule has 0 saturated heterocycles. The summed E-state index contributed by atoms with van der Waals surface area (Å²) >= 11 is 1.84. The van der Waals surface area contributed by atoms with E-state index in [1.54, 1.807) is 0 Å². The largest absolute Gasteiger partial charge is 0.0901 e. The van der Waals surface area contributed by atoms with Crippen molar-refractivity contribution in [2.45, 2.75) is 56.7 Å². The van der Waals surface area contributed by atoms with Gasteiger partial charge in [0.2, 0.25) is 0 Å².